The van der Waals surface area contributed by atoms with Crippen LogP contribution in [-0.4, -0.2) is 58.6 Å². The molecule has 0 radical (unpaired) electrons. The molecule has 1 aliphatic heterocycles. The maximum absolute atomic E-state index is 11.7. The summed E-state index contributed by atoms with van der Waals surface area (Å²) in [6, 6.07) is -0.769. The van der Waals surface area contributed by atoms with Crippen molar-refractivity contribution in [1.29, 1.82) is 0 Å². The molecule has 1 N–H and O–H groups in total. The van der Waals surface area contributed by atoms with Crippen LogP contribution in [0.3, 0.4) is 0 Å². The molecular weight excluding hydrogens is 256 g/mol. The van der Waals surface area contributed by atoms with Gasteiger partial charge in [-0.3, -0.25) is 14.4 Å². The Kier molecular flexibility index (Phi) is 4.13. The molecule has 1 saturated heterocycles. The fourth-order valence-electron chi connectivity index (χ4n) is 1.35. The molecule has 1 aliphatic rings. The van der Waals surface area contributed by atoms with Gasteiger partial charge in [0, 0.05) is 0 Å². The predicted molar refractivity (Wildman–Crippen MR) is 61.9 cm³/mol. The summed E-state index contributed by atoms with van der Waals surface area (Å²) in [6.45, 7) is 3.54. The van der Waals surface area contributed by atoms with Gasteiger partial charge in [-0.05, 0) is 20.8 Å². The van der Waals surface area contributed by atoms with Crippen molar-refractivity contribution in [3.05, 3.63) is 0 Å². The zero-order valence-corrected chi connectivity index (χ0v) is 11.0. The minimum absolute atomic E-state index is 0.321. The number of hydrogen-bond acceptors (Lipinski definition) is 5. The van der Waals surface area contributed by atoms with Gasteiger partial charge in [0.1, 0.15) is 13.1 Å². The molecule has 1 rings (SSSR count). The number of carboxylic acids is 1. The highest BCUT2D eigenvalue weighted by Crippen LogP contribution is 2.16. The van der Waals surface area contributed by atoms with E-state index < -0.39 is 42.6 Å². The lowest BCUT2D eigenvalue weighted by Crippen LogP contribution is -2.38. The van der Waals surface area contributed by atoms with Crippen LogP contribution >= 0.6 is 0 Å². The van der Waals surface area contributed by atoms with Crippen molar-refractivity contribution in [2.75, 3.05) is 19.8 Å². The smallest absolute Gasteiger partial charge is 0.330 e. The van der Waals surface area contributed by atoms with E-state index in [2.05, 4.69) is 0 Å². The van der Waals surface area contributed by atoms with E-state index in [4.69, 9.17) is 9.84 Å². The Hall–Kier alpha value is -2.12. The Morgan fingerprint density at radius 1 is 1.32 bits per heavy atom. The van der Waals surface area contributed by atoms with Crippen LogP contribution in [-0.2, 0) is 19.1 Å². The molecule has 0 bridgehead atoms. The lowest BCUT2D eigenvalue weighted by atomic mass is 9.98. The van der Waals surface area contributed by atoms with E-state index in [0.29, 0.717) is 4.90 Å². The molecule has 0 saturated carbocycles. The number of nitrogens with zero attached hydrogens (tertiary/aromatic N) is 2. The fraction of sp³-hybridized carbons (Fsp3) is 0.636. The van der Waals surface area contributed by atoms with Gasteiger partial charge < -0.3 is 14.7 Å². The molecule has 1 heterocycles. The Morgan fingerprint density at radius 3 is 2.37 bits per heavy atom. The third-order valence-electron chi connectivity index (χ3n) is 2.39. The van der Waals surface area contributed by atoms with Crippen molar-refractivity contribution < 1.29 is 29.0 Å². The van der Waals surface area contributed by atoms with Crippen LogP contribution in [0.25, 0.3) is 0 Å². The summed E-state index contributed by atoms with van der Waals surface area (Å²) < 4.78 is 4.86. The van der Waals surface area contributed by atoms with Gasteiger partial charge in [-0.25, -0.2) is 9.69 Å². The molecule has 0 atom stereocenters. The van der Waals surface area contributed by atoms with Gasteiger partial charge >= 0.3 is 18.0 Å². The molecule has 106 valence electrons. The number of rotatable bonds is 4. The second-order valence-corrected chi connectivity index (χ2v) is 5.17. The summed E-state index contributed by atoms with van der Waals surface area (Å²) in [5.41, 5.74) is -0.743. The first-order valence-corrected chi connectivity index (χ1v) is 5.61. The van der Waals surface area contributed by atoms with E-state index in [9.17, 15) is 19.2 Å². The van der Waals surface area contributed by atoms with Crippen molar-refractivity contribution >= 4 is 23.9 Å². The molecule has 0 aromatic heterocycles. The number of ether oxygens (including phenoxy) is 1. The number of imide groups is 1. The molecule has 0 aliphatic carbocycles. The van der Waals surface area contributed by atoms with Gasteiger partial charge in [0.25, 0.3) is 5.91 Å². The number of esters is 1. The molecule has 0 aromatic carbocycles. The van der Waals surface area contributed by atoms with Gasteiger partial charge in [-0.2, -0.15) is 0 Å². The number of urea groups is 1. The minimum atomic E-state index is -1.21. The molecule has 0 unspecified atom stereocenters. The summed E-state index contributed by atoms with van der Waals surface area (Å²) in [5.74, 6) is -2.35. The van der Waals surface area contributed by atoms with Crippen LogP contribution in [0.15, 0.2) is 0 Å². The molecule has 0 aromatic rings. The number of hydrogen-bond donors (Lipinski definition) is 1. The standard InChI is InChI=1S/C11H16N2O6/c1-11(2,3)9(17)19-6-13-7(14)4-12(10(13)18)5-8(15)16/h4-6H2,1-3H3,(H,15,16). The lowest BCUT2D eigenvalue weighted by Gasteiger charge is -2.20. The van der Waals surface area contributed by atoms with Crippen LogP contribution in [0.2, 0.25) is 0 Å². The number of carbonyl (C=O) groups excluding carboxylic acids is 3. The minimum Gasteiger partial charge on any atom is -0.480 e. The summed E-state index contributed by atoms with van der Waals surface area (Å²) in [7, 11) is 0. The van der Waals surface area contributed by atoms with Crippen LogP contribution in [0.1, 0.15) is 20.8 Å². The first kappa shape index (κ1) is 14.9. The van der Waals surface area contributed by atoms with E-state index in [1.54, 1.807) is 20.8 Å². The van der Waals surface area contributed by atoms with Gasteiger partial charge in [0.15, 0.2) is 6.73 Å². The molecule has 8 heteroatoms. The van der Waals surface area contributed by atoms with Gasteiger partial charge in [0.05, 0.1) is 5.41 Å². The Balaban J connectivity index is 2.60. The van der Waals surface area contributed by atoms with E-state index in [0.717, 1.165) is 4.90 Å². The lowest BCUT2D eigenvalue weighted by molar-refractivity contribution is -0.157. The monoisotopic (exact) mass is 272 g/mol. The van der Waals surface area contributed by atoms with Gasteiger partial charge in [0.2, 0.25) is 0 Å². The first-order valence-electron chi connectivity index (χ1n) is 5.61. The fourth-order valence-corrected chi connectivity index (χ4v) is 1.35. The molecular formula is C11H16N2O6. The first-order chi connectivity index (χ1) is 8.62. The second-order valence-electron chi connectivity index (χ2n) is 5.17. The van der Waals surface area contributed by atoms with E-state index >= 15 is 0 Å². The number of carbonyl (C=O) groups is 4. The summed E-state index contributed by atoms with van der Waals surface area (Å²) >= 11 is 0. The van der Waals surface area contributed by atoms with Gasteiger partial charge in [-0.1, -0.05) is 0 Å². The largest absolute Gasteiger partial charge is 0.480 e. The van der Waals surface area contributed by atoms with E-state index in [-0.39, 0.29) is 6.54 Å². The number of aliphatic carboxylic acids is 1. The predicted octanol–water partition coefficient (Wildman–Crippen LogP) is -0.118. The topological polar surface area (TPSA) is 104 Å². The third-order valence-corrected chi connectivity index (χ3v) is 2.39. The Bertz CT molecular complexity index is 425. The van der Waals surface area contributed by atoms with E-state index in [1.807, 2.05) is 0 Å². The third kappa shape index (κ3) is 3.67. The van der Waals surface area contributed by atoms with Gasteiger partial charge in [-0.15, -0.1) is 0 Å². The highest BCUT2D eigenvalue weighted by atomic mass is 16.5. The van der Waals surface area contributed by atoms with Crippen molar-refractivity contribution in [2.45, 2.75) is 20.8 Å². The van der Waals surface area contributed by atoms with Crippen molar-refractivity contribution in [3.63, 3.8) is 0 Å². The quantitative estimate of drug-likeness (QED) is 0.565. The number of carboxylic acid groups (broad SMARTS) is 1. The average molecular weight is 272 g/mol. The van der Waals surface area contributed by atoms with Crippen molar-refractivity contribution in [2.24, 2.45) is 5.41 Å². The molecule has 1 fully saturated rings. The molecule has 0 spiro atoms. The van der Waals surface area contributed by atoms with Crippen molar-refractivity contribution in [3.8, 4) is 0 Å². The highest BCUT2D eigenvalue weighted by Gasteiger charge is 2.38. The van der Waals surface area contributed by atoms with Crippen LogP contribution in [0.4, 0.5) is 4.79 Å². The van der Waals surface area contributed by atoms with Crippen molar-refractivity contribution in [1.82, 2.24) is 9.80 Å². The average Bonchev–Trinajstić information content (AvgIpc) is 2.49. The molecule has 8 nitrogen and oxygen atoms in total. The highest BCUT2D eigenvalue weighted by molar-refractivity contribution is 6.03. The molecule has 19 heavy (non-hydrogen) atoms. The van der Waals surface area contributed by atoms with E-state index in [1.165, 1.54) is 0 Å². The maximum atomic E-state index is 11.7. The second kappa shape index (κ2) is 5.25. The zero-order valence-electron chi connectivity index (χ0n) is 11.0. The Labute approximate surface area is 109 Å². The zero-order chi connectivity index (χ0) is 14.8. The van der Waals surface area contributed by atoms with Crippen LogP contribution < -0.4 is 0 Å². The SMILES string of the molecule is CC(C)(C)C(=O)OCN1C(=O)CN(CC(=O)O)C1=O. The normalized spacial score (nSPS) is 15.9. The maximum Gasteiger partial charge on any atom is 0.330 e. The number of amides is 3. The summed E-state index contributed by atoms with van der Waals surface area (Å²) in [6.07, 6.45) is 0. The summed E-state index contributed by atoms with van der Waals surface area (Å²) in [4.78, 5) is 46.8. The Morgan fingerprint density at radius 2 is 1.89 bits per heavy atom. The van der Waals surface area contributed by atoms with Crippen LogP contribution in [0.5, 0.6) is 0 Å². The molecule has 3 amide bonds. The summed E-state index contributed by atoms with van der Waals surface area (Å²) in [5, 5.41) is 8.58. The van der Waals surface area contributed by atoms with Crippen LogP contribution in [0, 0.1) is 5.41 Å².